The van der Waals surface area contributed by atoms with E-state index in [-0.39, 0.29) is 16.9 Å². The van der Waals surface area contributed by atoms with E-state index in [2.05, 4.69) is 26.1 Å². The van der Waals surface area contributed by atoms with Crippen LogP contribution in [0, 0.1) is 10.1 Å². The van der Waals surface area contributed by atoms with E-state index in [0.29, 0.717) is 40.4 Å². The predicted octanol–water partition coefficient (Wildman–Crippen LogP) is 5.09. The number of hydrogen-bond donors (Lipinski definition) is 1. The van der Waals surface area contributed by atoms with Gasteiger partial charge in [0, 0.05) is 28.8 Å². The molecule has 4 atom stereocenters. The number of hydrogen-bond acceptors (Lipinski definition) is 6. The molecule has 190 valence electrons. The van der Waals surface area contributed by atoms with Gasteiger partial charge in [-0.15, -0.1) is 0 Å². The zero-order valence-electron chi connectivity index (χ0n) is 20.2. The number of ether oxygens (including phenoxy) is 2. The maximum atomic E-state index is 13.6. The molecule has 2 saturated heterocycles. The van der Waals surface area contributed by atoms with E-state index in [1.54, 1.807) is 7.11 Å². The Bertz CT molecular complexity index is 1380. The van der Waals surface area contributed by atoms with E-state index in [1.807, 2.05) is 66.7 Å². The number of nitro groups is 1. The summed E-state index contributed by atoms with van der Waals surface area (Å²) < 4.78 is 12.5. The average Bonchev–Trinajstić information content (AvgIpc) is 3.56. The number of benzene rings is 3. The van der Waals surface area contributed by atoms with Crippen LogP contribution in [0.25, 0.3) is 0 Å². The molecule has 0 aromatic heterocycles. The molecule has 1 amide bonds. The molecular formula is C28H26BrN3O5. The number of nitrogens with one attached hydrogen (secondary N) is 1. The van der Waals surface area contributed by atoms with Gasteiger partial charge in [-0.05, 0) is 58.1 Å². The number of rotatable bonds is 6. The van der Waals surface area contributed by atoms with Crippen molar-refractivity contribution < 1.29 is 19.2 Å². The van der Waals surface area contributed by atoms with E-state index in [4.69, 9.17) is 9.47 Å². The second-order valence-corrected chi connectivity index (χ2v) is 10.6. The lowest BCUT2D eigenvalue weighted by atomic mass is 9.77. The minimum Gasteiger partial charge on any atom is -0.493 e. The second-order valence-electron chi connectivity index (χ2n) is 9.73. The van der Waals surface area contributed by atoms with Gasteiger partial charge in [0.15, 0.2) is 17.0 Å². The maximum absolute atomic E-state index is 13.6. The molecule has 8 nitrogen and oxygen atoms in total. The van der Waals surface area contributed by atoms with E-state index >= 15 is 0 Å². The van der Waals surface area contributed by atoms with Crippen LogP contribution in [0.15, 0.2) is 71.2 Å². The monoisotopic (exact) mass is 563 g/mol. The highest BCUT2D eigenvalue weighted by Gasteiger charge is 2.73. The minimum absolute atomic E-state index is 0.153. The predicted molar refractivity (Wildman–Crippen MR) is 141 cm³/mol. The average molecular weight is 564 g/mol. The van der Waals surface area contributed by atoms with Crippen molar-refractivity contribution in [3.05, 3.63) is 98.0 Å². The van der Waals surface area contributed by atoms with Crippen molar-refractivity contribution >= 4 is 27.5 Å². The second kappa shape index (κ2) is 9.15. The number of nitrogens with zero attached hydrogens (tertiary/aromatic N) is 2. The number of halogens is 1. The first kappa shape index (κ1) is 23.9. The molecule has 1 N–H and O–H groups in total. The molecule has 3 aromatic rings. The van der Waals surface area contributed by atoms with E-state index < -0.39 is 17.5 Å². The number of methoxy groups -OCH3 is 1. The number of amides is 1. The third-order valence-corrected chi connectivity index (χ3v) is 8.55. The molecule has 37 heavy (non-hydrogen) atoms. The molecule has 0 unspecified atom stereocenters. The van der Waals surface area contributed by atoms with Gasteiger partial charge in [-0.2, -0.15) is 0 Å². The zero-order chi connectivity index (χ0) is 25.7. The first-order valence-corrected chi connectivity index (χ1v) is 13.1. The number of carbonyl (C=O) groups excluding carboxylic acids is 1. The molecule has 9 heteroatoms. The number of fused-ring (bicyclic) bond motifs is 4. The van der Waals surface area contributed by atoms with Crippen molar-refractivity contribution in [1.29, 1.82) is 0 Å². The fourth-order valence-electron chi connectivity index (χ4n) is 6.58. The zero-order valence-corrected chi connectivity index (χ0v) is 21.8. The molecule has 3 aliphatic rings. The maximum Gasteiger partial charge on any atom is 0.256 e. The first-order chi connectivity index (χ1) is 18.0. The Kier molecular flexibility index (Phi) is 5.92. The lowest BCUT2D eigenvalue weighted by Crippen LogP contribution is -2.55. The standard InChI is InChI=1S/C28H26BrN3O5/c1-36-23-15-18(14-20(29)25(23)37-16-17-8-3-2-4-9-17)24-22-12-7-13-31(22)28(26(24)32(34)35)19-10-5-6-11-21(19)30-27(28)33/h2-6,8-11,14-15,22,24,26H,7,12-13,16H2,1H3,(H,30,33)/t22-,24+,26+,28-/m0/s1. The summed E-state index contributed by atoms with van der Waals surface area (Å²) in [6.45, 7) is 0.983. The van der Waals surface area contributed by atoms with E-state index in [0.717, 1.165) is 24.0 Å². The van der Waals surface area contributed by atoms with E-state index in [1.165, 1.54) is 0 Å². The van der Waals surface area contributed by atoms with Gasteiger partial charge in [0.25, 0.3) is 11.9 Å². The molecule has 0 aliphatic carbocycles. The van der Waals surface area contributed by atoms with Crippen LogP contribution < -0.4 is 14.8 Å². The summed E-state index contributed by atoms with van der Waals surface area (Å²) in [5.41, 5.74) is 1.75. The fourth-order valence-corrected chi connectivity index (χ4v) is 7.15. The number of carbonyl (C=O) groups is 1. The summed E-state index contributed by atoms with van der Waals surface area (Å²) >= 11 is 3.63. The summed E-state index contributed by atoms with van der Waals surface area (Å²) in [5.74, 6) is 0.193. The number of para-hydroxylation sites is 1. The largest absolute Gasteiger partial charge is 0.493 e. The van der Waals surface area contributed by atoms with Crippen LogP contribution in [0.4, 0.5) is 5.69 Å². The molecule has 6 rings (SSSR count). The van der Waals surface area contributed by atoms with Gasteiger partial charge in [-0.1, -0.05) is 48.5 Å². The van der Waals surface area contributed by atoms with Gasteiger partial charge < -0.3 is 14.8 Å². The Balaban J connectivity index is 1.44. The topological polar surface area (TPSA) is 93.9 Å². The molecule has 0 bridgehead atoms. The summed E-state index contributed by atoms with van der Waals surface area (Å²) in [5, 5.41) is 15.8. The SMILES string of the molecule is COc1cc([C@@H]2[C@@H]3CCCN3[C@]3(C(=O)Nc4ccccc43)[C@@H]2[N+](=O)[O-])cc(Br)c1OCc1ccccc1. The Hall–Kier alpha value is -3.43. The smallest absolute Gasteiger partial charge is 0.256 e. The van der Waals surface area contributed by atoms with Crippen LogP contribution in [-0.4, -0.2) is 41.5 Å². The van der Waals surface area contributed by atoms with Gasteiger partial charge in [0.1, 0.15) is 6.61 Å². The Morgan fingerprint density at radius 1 is 1.16 bits per heavy atom. The van der Waals surface area contributed by atoms with Gasteiger partial charge in [0.05, 0.1) is 17.5 Å². The highest BCUT2D eigenvalue weighted by atomic mass is 79.9. The summed E-state index contributed by atoms with van der Waals surface area (Å²) in [6.07, 6.45) is 1.65. The summed E-state index contributed by atoms with van der Waals surface area (Å²) in [4.78, 5) is 28.3. The molecule has 0 radical (unpaired) electrons. The molecule has 3 aromatic carbocycles. The molecule has 3 heterocycles. The van der Waals surface area contributed by atoms with Crippen LogP contribution in [0.5, 0.6) is 11.5 Å². The minimum atomic E-state index is -1.35. The van der Waals surface area contributed by atoms with Crippen molar-refractivity contribution in [3.8, 4) is 11.5 Å². The summed E-state index contributed by atoms with van der Waals surface area (Å²) in [7, 11) is 1.56. The molecule has 3 aliphatic heterocycles. The normalized spacial score (nSPS) is 26.1. The highest BCUT2D eigenvalue weighted by Crippen LogP contribution is 2.58. The van der Waals surface area contributed by atoms with Crippen LogP contribution in [0.3, 0.4) is 0 Å². The third kappa shape index (κ3) is 3.55. The highest BCUT2D eigenvalue weighted by molar-refractivity contribution is 9.10. The van der Waals surface area contributed by atoms with Crippen LogP contribution in [-0.2, 0) is 16.9 Å². The Labute approximate surface area is 222 Å². The van der Waals surface area contributed by atoms with Crippen LogP contribution in [0.1, 0.15) is 35.4 Å². The molecule has 0 saturated carbocycles. The Morgan fingerprint density at radius 3 is 2.68 bits per heavy atom. The van der Waals surface area contributed by atoms with Gasteiger partial charge in [-0.3, -0.25) is 19.8 Å². The first-order valence-electron chi connectivity index (χ1n) is 12.3. The van der Waals surface area contributed by atoms with E-state index in [9.17, 15) is 14.9 Å². The van der Waals surface area contributed by atoms with Crippen molar-refractivity contribution in [2.24, 2.45) is 0 Å². The lowest BCUT2D eigenvalue weighted by molar-refractivity contribution is -0.534. The molecular weight excluding hydrogens is 538 g/mol. The third-order valence-electron chi connectivity index (χ3n) is 7.96. The summed E-state index contributed by atoms with van der Waals surface area (Å²) in [6, 6.07) is 19.6. The lowest BCUT2D eigenvalue weighted by Gasteiger charge is -2.32. The van der Waals surface area contributed by atoms with Crippen LogP contribution in [0.2, 0.25) is 0 Å². The van der Waals surface area contributed by atoms with Crippen molar-refractivity contribution in [3.63, 3.8) is 0 Å². The van der Waals surface area contributed by atoms with Gasteiger partial charge in [0.2, 0.25) is 0 Å². The van der Waals surface area contributed by atoms with Crippen molar-refractivity contribution in [2.45, 2.75) is 43.0 Å². The fraction of sp³-hybridized carbons (Fsp3) is 0.321. The Morgan fingerprint density at radius 2 is 1.92 bits per heavy atom. The van der Waals surface area contributed by atoms with Gasteiger partial charge >= 0.3 is 0 Å². The van der Waals surface area contributed by atoms with Crippen molar-refractivity contribution in [1.82, 2.24) is 4.90 Å². The van der Waals surface area contributed by atoms with Crippen LogP contribution >= 0.6 is 15.9 Å². The number of anilines is 1. The van der Waals surface area contributed by atoms with Crippen molar-refractivity contribution in [2.75, 3.05) is 19.0 Å². The molecule has 2 fully saturated rings. The quantitative estimate of drug-likeness (QED) is 0.331. The molecule has 1 spiro atoms. The van der Waals surface area contributed by atoms with Gasteiger partial charge in [-0.25, -0.2) is 0 Å².